The number of hydrogen-bond acceptors (Lipinski definition) is 4. The Morgan fingerprint density at radius 3 is 1.54 bits per heavy atom. The number of unbranched alkanes of at least 4 members (excludes halogenated alkanes) is 20. The molecule has 0 aliphatic carbocycles. The highest BCUT2D eigenvalue weighted by Crippen LogP contribution is 2.12. The van der Waals surface area contributed by atoms with Crippen molar-refractivity contribution in [3.8, 4) is 0 Å². The van der Waals surface area contributed by atoms with Gasteiger partial charge < -0.3 is 14.6 Å². The first-order chi connectivity index (χ1) is 18.2. The van der Waals surface area contributed by atoms with Gasteiger partial charge in [0.15, 0.2) is 0 Å². The van der Waals surface area contributed by atoms with Crippen LogP contribution in [-0.2, 0) is 14.3 Å². The molecule has 1 atom stereocenters. The van der Waals surface area contributed by atoms with E-state index in [-0.39, 0.29) is 12.6 Å². The van der Waals surface area contributed by atoms with Crippen molar-refractivity contribution in [3.63, 3.8) is 0 Å². The van der Waals surface area contributed by atoms with E-state index in [1.54, 1.807) is 0 Å². The summed E-state index contributed by atoms with van der Waals surface area (Å²) in [5.41, 5.74) is 0. The molecule has 0 aliphatic heterocycles. The van der Waals surface area contributed by atoms with Crippen LogP contribution in [0.25, 0.3) is 0 Å². The van der Waals surface area contributed by atoms with E-state index in [0.29, 0.717) is 19.6 Å². The van der Waals surface area contributed by atoms with Gasteiger partial charge in [-0.15, -0.1) is 0 Å². The van der Waals surface area contributed by atoms with Gasteiger partial charge in [-0.25, -0.2) is 0 Å². The van der Waals surface area contributed by atoms with E-state index in [1.165, 1.54) is 128 Å². The van der Waals surface area contributed by atoms with Gasteiger partial charge in [0, 0.05) is 13.0 Å². The van der Waals surface area contributed by atoms with E-state index in [4.69, 9.17) is 9.47 Å². The zero-order valence-corrected chi connectivity index (χ0v) is 25.0. The van der Waals surface area contributed by atoms with Crippen molar-refractivity contribution in [2.45, 2.75) is 174 Å². The predicted molar refractivity (Wildman–Crippen MR) is 159 cm³/mol. The molecule has 0 aromatic rings. The summed E-state index contributed by atoms with van der Waals surface area (Å²) in [6, 6.07) is 0. The summed E-state index contributed by atoms with van der Waals surface area (Å²) in [7, 11) is 0. The van der Waals surface area contributed by atoms with Gasteiger partial charge in [-0.3, -0.25) is 4.79 Å². The van der Waals surface area contributed by atoms with E-state index in [2.05, 4.69) is 26.0 Å². The van der Waals surface area contributed by atoms with Crippen molar-refractivity contribution in [3.05, 3.63) is 12.2 Å². The minimum atomic E-state index is -0.526. The number of allylic oxidation sites excluding steroid dienone is 2. The molecule has 0 aromatic heterocycles. The van der Waals surface area contributed by atoms with Gasteiger partial charge in [0.2, 0.25) is 0 Å². The highest BCUT2D eigenvalue weighted by atomic mass is 16.6. The summed E-state index contributed by atoms with van der Waals surface area (Å²) >= 11 is 0. The molecule has 0 spiro atoms. The molecule has 0 amide bonds. The average Bonchev–Trinajstić information content (AvgIpc) is 2.90. The molecule has 220 valence electrons. The molecular weight excluding hydrogens is 460 g/mol. The smallest absolute Gasteiger partial charge is 0.306 e. The second-order valence-corrected chi connectivity index (χ2v) is 10.9. The van der Waals surface area contributed by atoms with E-state index in [1.807, 2.05) is 0 Å². The van der Waals surface area contributed by atoms with Crippen LogP contribution in [0, 0.1) is 0 Å². The molecule has 1 N–H and O–H groups in total. The molecule has 0 saturated heterocycles. The minimum Gasteiger partial charge on any atom is -0.457 e. The molecule has 0 heterocycles. The Balaban J connectivity index is 3.38. The molecule has 4 nitrogen and oxygen atoms in total. The first kappa shape index (κ1) is 36.1. The van der Waals surface area contributed by atoms with E-state index >= 15 is 0 Å². The van der Waals surface area contributed by atoms with Gasteiger partial charge in [-0.2, -0.15) is 0 Å². The lowest BCUT2D eigenvalue weighted by Crippen LogP contribution is -2.27. The highest BCUT2D eigenvalue weighted by Gasteiger charge is 2.13. The zero-order valence-electron chi connectivity index (χ0n) is 25.0. The molecule has 0 rings (SSSR count). The number of aliphatic hydroxyl groups excluding tert-OH is 1. The summed E-state index contributed by atoms with van der Waals surface area (Å²) in [5, 5.41) is 9.46. The van der Waals surface area contributed by atoms with Gasteiger partial charge in [0.25, 0.3) is 0 Å². The number of esters is 1. The quantitative estimate of drug-likeness (QED) is 0.0577. The standard InChI is InChI=1S/C33H64O4/c1-3-5-7-9-11-12-13-14-15-16-17-18-19-20-21-23-25-27-29-36-31-32(30-34)37-33(35)28-26-24-22-10-8-6-4-2/h14-15,32,34H,3-13,16-31H2,1-2H3/b15-14-. The zero-order chi connectivity index (χ0) is 27.1. The summed E-state index contributed by atoms with van der Waals surface area (Å²) in [6.07, 6.45) is 34.0. The number of ether oxygens (including phenoxy) is 2. The first-order valence-electron chi connectivity index (χ1n) is 16.3. The van der Waals surface area contributed by atoms with Gasteiger partial charge in [0.1, 0.15) is 6.10 Å². The van der Waals surface area contributed by atoms with Crippen molar-refractivity contribution >= 4 is 5.97 Å². The summed E-state index contributed by atoms with van der Waals surface area (Å²) < 4.78 is 11.0. The molecule has 0 radical (unpaired) electrons. The summed E-state index contributed by atoms with van der Waals surface area (Å²) in [5.74, 6) is -0.208. The number of carbonyl (C=O) groups is 1. The second kappa shape index (κ2) is 31.3. The lowest BCUT2D eigenvalue weighted by atomic mass is 10.1. The Labute approximate surface area is 231 Å². The van der Waals surface area contributed by atoms with Crippen molar-refractivity contribution in [1.82, 2.24) is 0 Å². The van der Waals surface area contributed by atoms with Crippen LogP contribution in [-0.4, -0.2) is 37.0 Å². The first-order valence-corrected chi connectivity index (χ1v) is 16.3. The molecule has 4 heteroatoms. The van der Waals surface area contributed by atoms with Crippen LogP contribution in [0.2, 0.25) is 0 Å². The minimum absolute atomic E-state index is 0.169. The monoisotopic (exact) mass is 524 g/mol. The fraction of sp³-hybridized carbons (Fsp3) is 0.909. The molecule has 0 aromatic carbocycles. The van der Waals surface area contributed by atoms with Crippen LogP contribution in [0.3, 0.4) is 0 Å². The van der Waals surface area contributed by atoms with Crippen LogP contribution in [0.5, 0.6) is 0 Å². The summed E-state index contributed by atoms with van der Waals surface area (Å²) in [4.78, 5) is 12.0. The molecule has 0 bridgehead atoms. The normalized spacial score (nSPS) is 12.4. The SMILES string of the molecule is CCCCCCCC/C=C\CCCCCCCCCCOCC(CO)OC(=O)CCCCCCCCC. The number of rotatable bonds is 30. The molecule has 0 saturated carbocycles. The molecule has 0 aliphatic rings. The Hall–Kier alpha value is -0.870. The largest absolute Gasteiger partial charge is 0.457 e. The van der Waals surface area contributed by atoms with Gasteiger partial charge in [-0.05, 0) is 38.5 Å². The van der Waals surface area contributed by atoms with Crippen molar-refractivity contribution in [2.75, 3.05) is 19.8 Å². The lowest BCUT2D eigenvalue weighted by Gasteiger charge is -2.15. The number of hydrogen-bond donors (Lipinski definition) is 1. The van der Waals surface area contributed by atoms with E-state index < -0.39 is 6.10 Å². The predicted octanol–water partition coefficient (Wildman–Crippen LogP) is 9.87. The third-order valence-corrected chi connectivity index (χ3v) is 7.09. The Bertz CT molecular complexity index is 477. The Kier molecular flexibility index (Phi) is 30.6. The number of aliphatic hydroxyl groups is 1. The maximum atomic E-state index is 12.0. The van der Waals surface area contributed by atoms with Crippen LogP contribution < -0.4 is 0 Å². The topological polar surface area (TPSA) is 55.8 Å². The van der Waals surface area contributed by atoms with Crippen LogP contribution in [0.15, 0.2) is 12.2 Å². The Morgan fingerprint density at radius 2 is 1.05 bits per heavy atom. The number of carbonyl (C=O) groups excluding carboxylic acids is 1. The Morgan fingerprint density at radius 1 is 0.622 bits per heavy atom. The fourth-order valence-electron chi connectivity index (χ4n) is 4.62. The molecular formula is C33H64O4. The van der Waals surface area contributed by atoms with E-state index in [0.717, 1.165) is 19.3 Å². The van der Waals surface area contributed by atoms with Crippen LogP contribution in [0.1, 0.15) is 168 Å². The van der Waals surface area contributed by atoms with Gasteiger partial charge >= 0.3 is 5.97 Å². The van der Waals surface area contributed by atoms with Crippen molar-refractivity contribution in [2.24, 2.45) is 0 Å². The second-order valence-electron chi connectivity index (χ2n) is 10.9. The van der Waals surface area contributed by atoms with Crippen LogP contribution >= 0.6 is 0 Å². The maximum absolute atomic E-state index is 12.0. The van der Waals surface area contributed by atoms with Gasteiger partial charge in [-0.1, -0.05) is 135 Å². The molecule has 1 unspecified atom stereocenters. The molecule has 0 fully saturated rings. The van der Waals surface area contributed by atoms with Gasteiger partial charge in [0.05, 0.1) is 13.2 Å². The highest BCUT2D eigenvalue weighted by molar-refractivity contribution is 5.69. The lowest BCUT2D eigenvalue weighted by molar-refractivity contribution is -0.154. The summed E-state index contributed by atoms with van der Waals surface area (Å²) in [6.45, 7) is 5.30. The van der Waals surface area contributed by atoms with Crippen molar-refractivity contribution in [1.29, 1.82) is 0 Å². The van der Waals surface area contributed by atoms with Crippen molar-refractivity contribution < 1.29 is 19.4 Å². The third-order valence-electron chi connectivity index (χ3n) is 7.09. The average molecular weight is 525 g/mol. The third kappa shape index (κ3) is 29.5. The van der Waals surface area contributed by atoms with E-state index in [9.17, 15) is 9.90 Å². The van der Waals surface area contributed by atoms with Crippen LogP contribution in [0.4, 0.5) is 0 Å². The maximum Gasteiger partial charge on any atom is 0.306 e. The molecule has 37 heavy (non-hydrogen) atoms. The fourth-order valence-corrected chi connectivity index (χ4v) is 4.62.